The van der Waals surface area contributed by atoms with E-state index < -0.39 is 10.0 Å². The monoisotopic (exact) mass is 482 g/mol. The third-order valence-electron chi connectivity index (χ3n) is 4.48. The van der Waals surface area contributed by atoms with E-state index in [2.05, 4.69) is 15.9 Å². The van der Waals surface area contributed by atoms with Gasteiger partial charge in [-0.1, -0.05) is 28.1 Å². The molecule has 0 spiro atoms. The van der Waals surface area contributed by atoms with Crippen LogP contribution >= 0.6 is 15.9 Å². The first-order chi connectivity index (χ1) is 13.9. The maximum Gasteiger partial charge on any atom is 0.264 e. The molecular weight excluding hydrogens is 460 g/mol. The summed E-state index contributed by atoms with van der Waals surface area (Å²) in [7, 11) is -3.99. The van der Waals surface area contributed by atoms with Gasteiger partial charge in [0.05, 0.1) is 30.4 Å². The van der Waals surface area contributed by atoms with Crippen molar-refractivity contribution in [2.45, 2.75) is 11.8 Å². The topological polar surface area (TPSA) is 76.2 Å². The van der Waals surface area contributed by atoms with Crippen LogP contribution in [0.15, 0.2) is 57.9 Å². The van der Waals surface area contributed by atoms with Crippen molar-refractivity contribution in [3.05, 3.63) is 53.0 Å². The molecule has 0 saturated carbocycles. The fourth-order valence-electron chi connectivity index (χ4n) is 3.01. The third kappa shape index (κ3) is 5.09. The number of sulfonamides is 1. The second-order valence-electron chi connectivity index (χ2n) is 6.36. The Balaban J connectivity index is 2.01. The molecular formula is C20H23BrN2O5S. The number of nitrogens with zero attached hydrogens (tertiary/aromatic N) is 2. The zero-order valence-electron chi connectivity index (χ0n) is 16.1. The lowest BCUT2D eigenvalue weighted by atomic mass is 10.3. The Bertz CT molecular complexity index is 944. The molecule has 0 aromatic heterocycles. The Kier molecular flexibility index (Phi) is 7.15. The first kappa shape index (κ1) is 21.6. The quantitative estimate of drug-likeness (QED) is 0.606. The van der Waals surface area contributed by atoms with E-state index in [1.54, 1.807) is 41.3 Å². The second-order valence-corrected chi connectivity index (χ2v) is 9.14. The molecule has 1 aliphatic rings. The van der Waals surface area contributed by atoms with Crippen molar-refractivity contribution in [1.29, 1.82) is 0 Å². The van der Waals surface area contributed by atoms with E-state index in [-0.39, 0.29) is 17.3 Å². The molecule has 1 heterocycles. The molecule has 1 saturated heterocycles. The zero-order valence-corrected chi connectivity index (χ0v) is 18.5. The molecule has 1 aliphatic heterocycles. The van der Waals surface area contributed by atoms with Gasteiger partial charge in [0.1, 0.15) is 12.3 Å². The second kappa shape index (κ2) is 9.60. The molecule has 1 amide bonds. The van der Waals surface area contributed by atoms with Gasteiger partial charge in [0.25, 0.3) is 10.0 Å². The molecule has 3 rings (SSSR count). The number of para-hydroxylation sites is 2. The minimum atomic E-state index is -3.99. The van der Waals surface area contributed by atoms with Crippen molar-refractivity contribution >= 4 is 37.5 Å². The van der Waals surface area contributed by atoms with Crippen LogP contribution in [0.2, 0.25) is 0 Å². The fraction of sp³-hybridized carbons (Fsp3) is 0.350. The number of benzene rings is 2. The van der Waals surface area contributed by atoms with Crippen LogP contribution in [0.5, 0.6) is 5.75 Å². The Morgan fingerprint density at radius 3 is 2.45 bits per heavy atom. The van der Waals surface area contributed by atoms with Gasteiger partial charge in [-0.15, -0.1) is 0 Å². The molecule has 0 radical (unpaired) electrons. The summed E-state index contributed by atoms with van der Waals surface area (Å²) in [6.45, 7) is 3.66. The molecule has 0 unspecified atom stereocenters. The highest BCUT2D eigenvalue weighted by Gasteiger charge is 2.31. The van der Waals surface area contributed by atoms with Gasteiger partial charge in [0.15, 0.2) is 0 Å². The van der Waals surface area contributed by atoms with Crippen LogP contribution in [-0.2, 0) is 19.6 Å². The summed E-state index contributed by atoms with van der Waals surface area (Å²) in [5, 5.41) is 0. The van der Waals surface area contributed by atoms with Crippen molar-refractivity contribution in [2.24, 2.45) is 0 Å². The molecule has 0 bridgehead atoms. The van der Waals surface area contributed by atoms with Gasteiger partial charge in [0.2, 0.25) is 5.91 Å². The standard InChI is InChI=1S/C20H23BrN2O5S/c1-2-28-19-6-4-3-5-18(19)23(15-20(24)22-11-13-27-14-12-22)29(25,26)17-9-7-16(21)8-10-17/h3-10H,2,11-15H2,1H3. The van der Waals surface area contributed by atoms with Gasteiger partial charge in [-0.2, -0.15) is 0 Å². The van der Waals surface area contributed by atoms with Gasteiger partial charge in [-0.05, 0) is 43.3 Å². The lowest BCUT2D eigenvalue weighted by molar-refractivity contribution is -0.133. The van der Waals surface area contributed by atoms with E-state index in [1.807, 2.05) is 6.92 Å². The molecule has 29 heavy (non-hydrogen) atoms. The zero-order chi connectivity index (χ0) is 20.9. The number of rotatable bonds is 7. The highest BCUT2D eigenvalue weighted by Crippen LogP contribution is 2.33. The summed E-state index contributed by atoms with van der Waals surface area (Å²) >= 11 is 3.32. The Hall–Kier alpha value is -2.10. The maximum atomic E-state index is 13.5. The number of ether oxygens (including phenoxy) is 2. The van der Waals surface area contributed by atoms with Crippen LogP contribution in [0, 0.1) is 0 Å². The highest BCUT2D eigenvalue weighted by molar-refractivity contribution is 9.10. The SMILES string of the molecule is CCOc1ccccc1N(CC(=O)N1CCOCC1)S(=O)(=O)c1ccc(Br)cc1. The van der Waals surface area contributed by atoms with Crippen LogP contribution in [-0.4, -0.2) is 58.7 Å². The number of amides is 1. The van der Waals surface area contributed by atoms with Crippen molar-refractivity contribution < 1.29 is 22.7 Å². The Morgan fingerprint density at radius 1 is 1.14 bits per heavy atom. The molecule has 7 nitrogen and oxygen atoms in total. The first-order valence-corrected chi connectivity index (χ1v) is 11.5. The third-order valence-corrected chi connectivity index (χ3v) is 6.78. The number of morpholine rings is 1. The van der Waals surface area contributed by atoms with Gasteiger partial charge in [0, 0.05) is 17.6 Å². The van der Waals surface area contributed by atoms with Crippen molar-refractivity contribution in [3.63, 3.8) is 0 Å². The summed E-state index contributed by atoms with van der Waals surface area (Å²) < 4.78 is 39.8. The number of anilines is 1. The normalized spacial score (nSPS) is 14.5. The van der Waals surface area contributed by atoms with E-state index in [0.29, 0.717) is 44.3 Å². The minimum Gasteiger partial charge on any atom is -0.492 e. The first-order valence-electron chi connectivity index (χ1n) is 9.29. The van der Waals surface area contributed by atoms with E-state index in [4.69, 9.17) is 9.47 Å². The average molecular weight is 483 g/mol. The van der Waals surface area contributed by atoms with Gasteiger partial charge >= 0.3 is 0 Å². The van der Waals surface area contributed by atoms with Crippen molar-refractivity contribution in [2.75, 3.05) is 43.8 Å². The van der Waals surface area contributed by atoms with Crippen LogP contribution in [0.1, 0.15) is 6.92 Å². The van der Waals surface area contributed by atoms with Crippen molar-refractivity contribution in [1.82, 2.24) is 4.90 Å². The number of carbonyl (C=O) groups is 1. The smallest absolute Gasteiger partial charge is 0.264 e. The summed E-state index contributed by atoms with van der Waals surface area (Å²) in [6, 6.07) is 13.2. The fourth-order valence-corrected chi connectivity index (χ4v) is 4.70. The number of hydrogen-bond acceptors (Lipinski definition) is 5. The van der Waals surface area contributed by atoms with Crippen LogP contribution in [0.4, 0.5) is 5.69 Å². The van der Waals surface area contributed by atoms with Crippen LogP contribution < -0.4 is 9.04 Å². The van der Waals surface area contributed by atoms with Gasteiger partial charge in [-0.3, -0.25) is 9.10 Å². The lowest BCUT2D eigenvalue weighted by Crippen LogP contribution is -2.47. The van der Waals surface area contributed by atoms with Crippen LogP contribution in [0.3, 0.4) is 0 Å². The molecule has 2 aromatic rings. The van der Waals surface area contributed by atoms with E-state index in [1.165, 1.54) is 12.1 Å². The molecule has 0 N–H and O–H groups in total. The number of halogens is 1. The average Bonchev–Trinajstić information content (AvgIpc) is 2.73. The van der Waals surface area contributed by atoms with E-state index >= 15 is 0 Å². The molecule has 2 aromatic carbocycles. The molecule has 0 atom stereocenters. The van der Waals surface area contributed by atoms with E-state index in [9.17, 15) is 13.2 Å². The summed E-state index contributed by atoms with van der Waals surface area (Å²) in [5.41, 5.74) is 0.332. The predicted octanol–water partition coefficient (Wildman–Crippen LogP) is 2.90. The largest absolute Gasteiger partial charge is 0.492 e. The summed E-state index contributed by atoms with van der Waals surface area (Å²) in [6.07, 6.45) is 0. The Labute approximate surface area is 179 Å². The van der Waals surface area contributed by atoms with Gasteiger partial charge in [-0.25, -0.2) is 8.42 Å². The molecule has 0 aliphatic carbocycles. The molecule has 156 valence electrons. The molecule has 1 fully saturated rings. The predicted molar refractivity (Wildman–Crippen MR) is 114 cm³/mol. The number of hydrogen-bond donors (Lipinski definition) is 0. The molecule has 9 heteroatoms. The van der Waals surface area contributed by atoms with Crippen molar-refractivity contribution in [3.8, 4) is 5.75 Å². The lowest BCUT2D eigenvalue weighted by Gasteiger charge is -2.31. The Morgan fingerprint density at radius 2 is 1.79 bits per heavy atom. The number of carbonyl (C=O) groups excluding carboxylic acids is 1. The minimum absolute atomic E-state index is 0.0989. The van der Waals surface area contributed by atoms with Gasteiger partial charge < -0.3 is 14.4 Å². The van der Waals surface area contributed by atoms with Crippen LogP contribution in [0.25, 0.3) is 0 Å². The summed E-state index contributed by atoms with van der Waals surface area (Å²) in [5.74, 6) is 0.130. The maximum absolute atomic E-state index is 13.5. The van der Waals surface area contributed by atoms with E-state index in [0.717, 1.165) is 8.78 Å². The highest BCUT2D eigenvalue weighted by atomic mass is 79.9. The summed E-state index contributed by atoms with van der Waals surface area (Å²) in [4.78, 5) is 14.6.